The zero-order valence-corrected chi connectivity index (χ0v) is 5.42. The van der Waals surface area contributed by atoms with Crippen LogP contribution in [0.5, 0.6) is 0 Å². The summed E-state index contributed by atoms with van der Waals surface area (Å²) >= 11 is 0. The number of β-lactam (4-membered cyclic amide) rings is 1. The van der Waals surface area contributed by atoms with E-state index in [0.717, 1.165) is 6.42 Å². The lowest BCUT2D eigenvalue weighted by Crippen LogP contribution is -2.59. The fourth-order valence-corrected chi connectivity index (χ4v) is 1.07. The fraction of sp³-hybridized carbons (Fsp3) is 0.833. The van der Waals surface area contributed by atoms with Crippen molar-refractivity contribution < 1.29 is 9.90 Å². The van der Waals surface area contributed by atoms with Crippen molar-refractivity contribution in [1.82, 2.24) is 5.32 Å². The van der Waals surface area contributed by atoms with Crippen molar-refractivity contribution in [2.45, 2.75) is 19.4 Å². The van der Waals surface area contributed by atoms with Gasteiger partial charge in [-0.05, 0) is 6.42 Å². The highest BCUT2D eigenvalue weighted by Gasteiger charge is 2.36. The smallest absolute Gasteiger partial charge is 0.227 e. The van der Waals surface area contributed by atoms with E-state index in [4.69, 9.17) is 5.11 Å². The van der Waals surface area contributed by atoms with Crippen LogP contribution in [0.1, 0.15) is 13.3 Å². The lowest BCUT2D eigenvalue weighted by molar-refractivity contribution is -0.137. The number of amides is 1. The third kappa shape index (κ3) is 0.920. The van der Waals surface area contributed by atoms with Gasteiger partial charge >= 0.3 is 0 Å². The molecule has 1 aliphatic rings. The van der Waals surface area contributed by atoms with E-state index in [-0.39, 0.29) is 24.5 Å². The van der Waals surface area contributed by atoms with Crippen LogP contribution in [0.4, 0.5) is 0 Å². The molecule has 0 radical (unpaired) electrons. The molecular weight excluding hydrogens is 118 g/mol. The predicted molar refractivity (Wildman–Crippen MR) is 32.8 cm³/mol. The molecule has 0 aliphatic carbocycles. The van der Waals surface area contributed by atoms with Gasteiger partial charge in [-0.25, -0.2) is 0 Å². The highest BCUT2D eigenvalue weighted by Crippen LogP contribution is 2.16. The normalized spacial score (nSPS) is 33.3. The zero-order chi connectivity index (χ0) is 6.85. The number of carbonyl (C=O) groups excluding carboxylic acids is 1. The van der Waals surface area contributed by atoms with Crippen molar-refractivity contribution in [1.29, 1.82) is 0 Å². The van der Waals surface area contributed by atoms with Crippen LogP contribution in [0.2, 0.25) is 0 Å². The monoisotopic (exact) mass is 129 g/mol. The minimum Gasteiger partial charge on any atom is -0.395 e. The van der Waals surface area contributed by atoms with Crippen LogP contribution in [0.3, 0.4) is 0 Å². The highest BCUT2D eigenvalue weighted by atomic mass is 16.3. The van der Waals surface area contributed by atoms with Crippen LogP contribution < -0.4 is 5.32 Å². The van der Waals surface area contributed by atoms with Gasteiger partial charge in [0.2, 0.25) is 5.91 Å². The summed E-state index contributed by atoms with van der Waals surface area (Å²) in [5.41, 5.74) is 0. The van der Waals surface area contributed by atoms with Crippen molar-refractivity contribution in [3.8, 4) is 0 Å². The first-order valence-electron chi connectivity index (χ1n) is 3.20. The molecule has 0 aromatic rings. The molecule has 0 aromatic heterocycles. The third-order valence-electron chi connectivity index (χ3n) is 1.79. The molecule has 0 spiro atoms. The minimum atomic E-state index is -0.130. The molecular formula is C6H11NO2. The molecule has 0 aromatic carbocycles. The number of aliphatic hydroxyl groups is 1. The number of hydrogen-bond acceptors (Lipinski definition) is 2. The van der Waals surface area contributed by atoms with Crippen molar-refractivity contribution in [3.63, 3.8) is 0 Å². The van der Waals surface area contributed by atoms with E-state index in [1.807, 2.05) is 6.92 Å². The Kier molecular flexibility index (Phi) is 1.71. The van der Waals surface area contributed by atoms with E-state index < -0.39 is 0 Å². The maximum absolute atomic E-state index is 10.6. The Balaban J connectivity index is 2.38. The molecule has 2 atom stereocenters. The molecule has 3 heteroatoms. The maximum Gasteiger partial charge on any atom is 0.227 e. The van der Waals surface area contributed by atoms with E-state index in [0.29, 0.717) is 0 Å². The molecule has 3 nitrogen and oxygen atoms in total. The van der Waals surface area contributed by atoms with Gasteiger partial charge in [-0.2, -0.15) is 0 Å². The molecule has 52 valence electrons. The Morgan fingerprint density at radius 2 is 2.44 bits per heavy atom. The molecule has 2 unspecified atom stereocenters. The summed E-state index contributed by atoms with van der Waals surface area (Å²) in [6.07, 6.45) is 0.914. The van der Waals surface area contributed by atoms with Crippen LogP contribution >= 0.6 is 0 Å². The Hall–Kier alpha value is -0.570. The second-order valence-electron chi connectivity index (χ2n) is 2.31. The van der Waals surface area contributed by atoms with Gasteiger partial charge in [0.05, 0.1) is 12.5 Å². The molecule has 1 saturated heterocycles. The van der Waals surface area contributed by atoms with E-state index in [1.54, 1.807) is 0 Å². The first kappa shape index (κ1) is 6.55. The second-order valence-corrected chi connectivity index (χ2v) is 2.31. The average molecular weight is 129 g/mol. The molecule has 2 N–H and O–H groups in total. The largest absolute Gasteiger partial charge is 0.395 e. The number of rotatable bonds is 2. The van der Waals surface area contributed by atoms with Gasteiger partial charge in [-0.3, -0.25) is 4.79 Å². The van der Waals surface area contributed by atoms with Crippen LogP contribution in [0.25, 0.3) is 0 Å². The van der Waals surface area contributed by atoms with Gasteiger partial charge in [0.15, 0.2) is 0 Å². The van der Waals surface area contributed by atoms with Gasteiger partial charge in [0, 0.05) is 6.04 Å². The summed E-state index contributed by atoms with van der Waals surface area (Å²) in [6.45, 7) is 1.98. The lowest BCUT2D eigenvalue weighted by Gasteiger charge is -2.34. The van der Waals surface area contributed by atoms with Crippen molar-refractivity contribution in [2.75, 3.05) is 6.61 Å². The summed E-state index contributed by atoms with van der Waals surface area (Å²) in [6, 6.07) is 0.225. The Bertz CT molecular complexity index is 124. The molecule has 1 rings (SSSR count). The van der Waals surface area contributed by atoms with Gasteiger partial charge in [-0.1, -0.05) is 6.92 Å². The van der Waals surface area contributed by atoms with Gasteiger partial charge in [-0.15, -0.1) is 0 Å². The molecule has 1 fully saturated rings. The third-order valence-corrected chi connectivity index (χ3v) is 1.79. The summed E-state index contributed by atoms with van der Waals surface area (Å²) in [4.78, 5) is 10.6. The first-order valence-corrected chi connectivity index (χ1v) is 3.20. The quantitative estimate of drug-likeness (QED) is 0.494. The number of nitrogens with one attached hydrogen (secondary N) is 1. The molecule has 9 heavy (non-hydrogen) atoms. The average Bonchev–Trinajstić information content (AvgIpc) is 1.83. The summed E-state index contributed by atoms with van der Waals surface area (Å²) in [5, 5.41) is 11.3. The van der Waals surface area contributed by atoms with E-state index in [2.05, 4.69) is 5.32 Å². The fourth-order valence-electron chi connectivity index (χ4n) is 1.07. The van der Waals surface area contributed by atoms with Gasteiger partial charge in [0.1, 0.15) is 0 Å². The highest BCUT2D eigenvalue weighted by molar-refractivity contribution is 5.85. The number of carbonyl (C=O) groups is 1. The Morgan fingerprint density at radius 1 is 1.78 bits per heavy atom. The lowest BCUT2D eigenvalue weighted by atomic mass is 9.90. The number of hydrogen-bond donors (Lipinski definition) is 2. The zero-order valence-electron chi connectivity index (χ0n) is 5.42. The van der Waals surface area contributed by atoms with Crippen LogP contribution in [0.15, 0.2) is 0 Å². The molecule has 1 amide bonds. The minimum absolute atomic E-state index is 0.00958. The number of aliphatic hydroxyl groups excluding tert-OH is 1. The van der Waals surface area contributed by atoms with E-state index >= 15 is 0 Å². The standard InChI is InChI=1S/C6H11NO2/c1-2-5-4(3-8)6(9)7-5/h4-5,8H,2-3H2,1H3,(H,7,9). The topological polar surface area (TPSA) is 49.3 Å². The van der Waals surface area contributed by atoms with Gasteiger partial charge in [0.25, 0.3) is 0 Å². The van der Waals surface area contributed by atoms with E-state index in [1.165, 1.54) is 0 Å². The second kappa shape index (κ2) is 2.35. The van der Waals surface area contributed by atoms with Crippen LogP contribution in [0, 0.1) is 5.92 Å². The van der Waals surface area contributed by atoms with Crippen molar-refractivity contribution in [2.24, 2.45) is 5.92 Å². The van der Waals surface area contributed by atoms with Crippen LogP contribution in [-0.2, 0) is 4.79 Å². The molecule has 1 heterocycles. The molecule has 0 bridgehead atoms. The summed E-state index contributed by atoms with van der Waals surface area (Å²) < 4.78 is 0. The first-order chi connectivity index (χ1) is 4.29. The molecule has 0 saturated carbocycles. The predicted octanol–water partition coefficient (Wildman–Crippen LogP) is -0.497. The summed E-state index contributed by atoms with van der Waals surface area (Å²) in [7, 11) is 0. The Morgan fingerprint density at radius 3 is 2.67 bits per heavy atom. The van der Waals surface area contributed by atoms with Crippen molar-refractivity contribution >= 4 is 5.91 Å². The van der Waals surface area contributed by atoms with Crippen LogP contribution in [-0.4, -0.2) is 23.7 Å². The van der Waals surface area contributed by atoms with E-state index in [9.17, 15) is 4.79 Å². The SMILES string of the molecule is CCC1NC(=O)C1CO. The summed E-state index contributed by atoms with van der Waals surface area (Å²) in [5.74, 6) is -0.139. The maximum atomic E-state index is 10.6. The van der Waals surface area contributed by atoms with Crippen molar-refractivity contribution in [3.05, 3.63) is 0 Å². The van der Waals surface area contributed by atoms with Gasteiger partial charge < -0.3 is 10.4 Å². The Labute approximate surface area is 54.1 Å². The molecule has 1 aliphatic heterocycles.